The molecule has 64 valence electrons. The van der Waals surface area contributed by atoms with Crippen molar-refractivity contribution in [2.45, 2.75) is 6.92 Å². The summed E-state index contributed by atoms with van der Waals surface area (Å²) in [7, 11) is 0. The quantitative estimate of drug-likeness (QED) is 0.779. The van der Waals surface area contributed by atoms with E-state index in [9.17, 15) is 4.79 Å². The molecule has 1 heterocycles. The van der Waals surface area contributed by atoms with Crippen LogP contribution in [-0.2, 0) is 0 Å². The molecule has 0 atom stereocenters. The summed E-state index contributed by atoms with van der Waals surface area (Å²) in [5.41, 5.74) is 0.744. The van der Waals surface area contributed by atoms with E-state index in [1.54, 1.807) is 6.92 Å². The second-order valence-electron chi connectivity index (χ2n) is 2.23. The maximum Gasteiger partial charge on any atom is 0.337 e. The highest BCUT2D eigenvalue weighted by Gasteiger charge is 2.14. The van der Waals surface area contributed by atoms with E-state index in [1.807, 2.05) is 0 Å². The maximum absolute atomic E-state index is 10.7. The average molecular weight is 250 g/mol. The summed E-state index contributed by atoms with van der Waals surface area (Å²) in [6.45, 7) is 1.66. The molecule has 0 saturated carbocycles. The molecule has 0 radical (unpaired) electrons. The van der Waals surface area contributed by atoms with Gasteiger partial charge in [0.15, 0.2) is 0 Å². The zero-order chi connectivity index (χ0) is 9.30. The molecule has 0 aliphatic heterocycles. The van der Waals surface area contributed by atoms with Crippen LogP contribution in [0.5, 0.6) is 0 Å². The number of carboxylic acids is 1. The van der Waals surface area contributed by atoms with E-state index in [2.05, 4.69) is 20.9 Å². The zero-order valence-electron chi connectivity index (χ0n) is 6.14. The molecule has 3 nitrogen and oxygen atoms in total. The number of hydrogen-bond acceptors (Lipinski definition) is 2. The minimum Gasteiger partial charge on any atom is -0.478 e. The van der Waals surface area contributed by atoms with Gasteiger partial charge in [0.1, 0.15) is 5.15 Å². The lowest BCUT2D eigenvalue weighted by Crippen LogP contribution is -2.02. The van der Waals surface area contributed by atoms with Crippen LogP contribution in [0.4, 0.5) is 0 Å². The Morgan fingerprint density at radius 3 is 2.75 bits per heavy atom. The van der Waals surface area contributed by atoms with Crippen molar-refractivity contribution >= 4 is 33.5 Å². The molecule has 0 aliphatic rings. The Labute approximate surface area is 82.5 Å². The fraction of sp³-hybridized carbons (Fsp3) is 0.143. The molecule has 1 rings (SSSR count). The number of nitrogens with zero attached hydrogens (tertiary/aromatic N) is 1. The van der Waals surface area contributed by atoms with Gasteiger partial charge in [-0.05, 0) is 28.4 Å². The summed E-state index contributed by atoms with van der Waals surface area (Å²) in [6, 6.07) is 0. The van der Waals surface area contributed by atoms with Gasteiger partial charge < -0.3 is 5.11 Å². The van der Waals surface area contributed by atoms with Crippen molar-refractivity contribution in [2.24, 2.45) is 0 Å². The van der Waals surface area contributed by atoms with E-state index in [0.717, 1.165) is 0 Å². The molecule has 0 saturated heterocycles. The van der Waals surface area contributed by atoms with Gasteiger partial charge in [-0.15, -0.1) is 0 Å². The lowest BCUT2D eigenvalue weighted by Gasteiger charge is -2.03. The Balaban J connectivity index is 3.43. The molecule has 0 bridgehead atoms. The molecule has 1 N–H and O–H groups in total. The third-order valence-corrected chi connectivity index (χ3v) is 2.67. The average Bonchev–Trinajstić information content (AvgIpc) is 1.97. The Morgan fingerprint density at radius 1 is 1.75 bits per heavy atom. The number of carboxylic acid groups (broad SMARTS) is 1. The molecule has 0 unspecified atom stereocenters. The van der Waals surface area contributed by atoms with Gasteiger partial charge in [0.25, 0.3) is 0 Å². The first-order chi connectivity index (χ1) is 5.54. The second-order valence-corrected chi connectivity index (χ2v) is 3.38. The van der Waals surface area contributed by atoms with Crippen molar-refractivity contribution in [3.8, 4) is 0 Å². The van der Waals surface area contributed by atoms with Crippen LogP contribution in [0.15, 0.2) is 10.7 Å². The lowest BCUT2D eigenvalue weighted by atomic mass is 10.2. The van der Waals surface area contributed by atoms with Crippen molar-refractivity contribution in [3.05, 3.63) is 26.9 Å². The van der Waals surface area contributed by atoms with Crippen molar-refractivity contribution < 1.29 is 9.90 Å². The minimum absolute atomic E-state index is 0.162. The smallest absolute Gasteiger partial charge is 0.337 e. The van der Waals surface area contributed by atoms with Gasteiger partial charge in [-0.2, -0.15) is 0 Å². The summed E-state index contributed by atoms with van der Waals surface area (Å²) < 4.78 is 0.330. The summed E-state index contributed by atoms with van der Waals surface area (Å²) in [4.78, 5) is 14.5. The summed E-state index contributed by atoms with van der Waals surface area (Å²) >= 11 is 8.66. The molecule has 1 aromatic rings. The zero-order valence-corrected chi connectivity index (χ0v) is 8.48. The van der Waals surface area contributed by atoms with Crippen LogP contribution in [0, 0.1) is 6.92 Å². The molecule has 0 amide bonds. The molecule has 12 heavy (non-hydrogen) atoms. The molecule has 1 aromatic heterocycles. The van der Waals surface area contributed by atoms with Crippen LogP contribution in [0.1, 0.15) is 15.9 Å². The second kappa shape index (κ2) is 3.41. The number of aryl methyl sites for hydroxylation is 1. The van der Waals surface area contributed by atoms with E-state index >= 15 is 0 Å². The number of pyridine rings is 1. The summed E-state index contributed by atoms with van der Waals surface area (Å²) in [6.07, 6.45) is 1.43. The number of aromatic nitrogens is 1. The number of hydrogen-bond donors (Lipinski definition) is 1. The highest BCUT2D eigenvalue weighted by atomic mass is 79.9. The number of aromatic carboxylic acids is 1. The summed E-state index contributed by atoms with van der Waals surface area (Å²) in [5, 5.41) is 8.92. The topological polar surface area (TPSA) is 50.2 Å². The van der Waals surface area contributed by atoms with Crippen LogP contribution in [0.2, 0.25) is 5.15 Å². The molecule has 0 fully saturated rings. The largest absolute Gasteiger partial charge is 0.478 e. The van der Waals surface area contributed by atoms with Crippen molar-refractivity contribution in [1.29, 1.82) is 0 Å². The third-order valence-electron chi connectivity index (χ3n) is 1.38. The monoisotopic (exact) mass is 249 g/mol. The van der Waals surface area contributed by atoms with E-state index < -0.39 is 5.97 Å². The lowest BCUT2D eigenvalue weighted by molar-refractivity contribution is 0.0695. The molecule has 0 aliphatic carbocycles. The first-order valence-electron chi connectivity index (χ1n) is 3.08. The fourth-order valence-electron chi connectivity index (χ4n) is 0.814. The van der Waals surface area contributed by atoms with E-state index in [0.29, 0.717) is 10.0 Å². The van der Waals surface area contributed by atoms with Crippen LogP contribution >= 0.6 is 27.5 Å². The SMILES string of the molecule is Cc1cnc(Cl)c(Br)c1C(=O)O. The molecular weight excluding hydrogens is 245 g/mol. The Kier molecular flexibility index (Phi) is 2.69. The predicted octanol–water partition coefficient (Wildman–Crippen LogP) is 2.50. The number of halogens is 2. The van der Waals surface area contributed by atoms with Crippen molar-refractivity contribution in [2.75, 3.05) is 0 Å². The van der Waals surface area contributed by atoms with Gasteiger partial charge in [0.2, 0.25) is 0 Å². The normalized spacial score (nSPS) is 9.92. The summed E-state index contributed by atoms with van der Waals surface area (Å²) in [5.74, 6) is -1.01. The molecule has 5 heteroatoms. The van der Waals surface area contributed by atoms with Crippen LogP contribution in [-0.4, -0.2) is 16.1 Å². The fourth-order valence-corrected chi connectivity index (χ4v) is 1.54. The minimum atomic E-state index is -1.01. The van der Waals surface area contributed by atoms with E-state index in [-0.39, 0.29) is 10.7 Å². The van der Waals surface area contributed by atoms with Gasteiger partial charge in [-0.3, -0.25) is 0 Å². The van der Waals surface area contributed by atoms with Crippen molar-refractivity contribution in [3.63, 3.8) is 0 Å². The van der Waals surface area contributed by atoms with Crippen LogP contribution in [0.25, 0.3) is 0 Å². The molecule has 0 spiro atoms. The van der Waals surface area contributed by atoms with Crippen LogP contribution in [0.3, 0.4) is 0 Å². The number of rotatable bonds is 1. The number of carbonyl (C=O) groups is 1. The van der Waals surface area contributed by atoms with E-state index in [4.69, 9.17) is 16.7 Å². The highest BCUT2D eigenvalue weighted by molar-refractivity contribution is 9.10. The highest BCUT2D eigenvalue weighted by Crippen LogP contribution is 2.26. The Bertz CT molecular complexity index is 340. The van der Waals surface area contributed by atoms with Gasteiger partial charge in [0, 0.05) is 6.20 Å². The van der Waals surface area contributed by atoms with Gasteiger partial charge in [-0.1, -0.05) is 11.6 Å². The van der Waals surface area contributed by atoms with Gasteiger partial charge in [0.05, 0.1) is 10.0 Å². The Hall–Kier alpha value is -0.610. The Morgan fingerprint density at radius 2 is 2.33 bits per heavy atom. The predicted molar refractivity (Wildman–Crippen MR) is 48.6 cm³/mol. The van der Waals surface area contributed by atoms with E-state index in [1.165, 1.54) is 6.20 Å². The van der Waals surface area contributed by atoms with Gasteiger partial charge >= 0.3 is 5.97 Å². The third kappa shape index (κ3) is 1.59. The molecular formula is C7H5BrClNO2. The van der Waals surface area contributed by atoms with Gasteiger partial charge in [-0.25, -0.2) is 9.78 Å². The molecule has 0 aromatic carbocycles. The van der Waals surface area contributed by atoms with Crippen LogP contribution < -0.4 is 0 Å². The first kappa shape index (κ1) is 9.48. The van der Waals surface area contributed by atoms with Crippen molar-refractivity contribution in [1.82, 2.24) is 4.98 Å². The first-order valence-corrected chi connectivity index (χ1v) is 4.25. The standard InChI is InChI=1S/C7H5BrClNO2/c1-3-2-10-6(9)5(8)4(3)7(11)12/h2H,1H3,(H,11,12). The maximum atomic E-state index is 10.7.